The lowest BCUT2D eigenvalue weighted by Gasteiger charge is -2.00. The normalized spacial score (nSPS) is 9.18. The van der Waals surface area contributed by atoms with Crippen molar-refractivity contribution in [3.63, 3.8) is 0 Å². The van der Waals surface area contributed by atoms with Crippen molar-refractivity contribution in [2.75, 3.05) is 0 Å². The molecular weight excluding hydrogens is 143 g/mol. The van der Waals surface area contributed by atoms with Crippen LogP contribution >= 0.6 is 0 Å². The van der Waals surface area contributed by atoms with E-state index in [4.69, 9.17) is 11.5 Å². The van der Waals surface area contributed by atoms with Crippen molar-refractivity contribution in [2.24, 2.45) is 0 Å². The number of rotatable bonds is 1. The van der Waals surface area contributed by atoms with Crippen molar-refractivity contribution in [3.05, 3.63) is 35.1 Å². The predicted octanol–water partition coefficient (Wildman–Crippen LogP) is 1.30. The first-order chi connectivity index (χ1) is 5.29. The van der Waals surface area contributed by atoms with Crippen molar-refractivity contribution < 1.29 is 9.50 Å². The van der Waals surface area contributed by atoms with Gasteiger partial charge in [0.15, 0.2) is 0 Å². The van der Waals surface area contributed by atoms with Crippen LogP contribution in [0.4, 0.5) is 4.39 Å². The maximum atomic E-state index is 12.8. The molecular formula is C9H7FO. The Labute approximate surface area is 64.5 Å². The molecule has 1 N–H and O–H groups in total. The van der Waals surface area contributed by atoms with Gasteiger partial charge < -0.3 is 5.11 Å². The molecule has 0 fully saturated rings. The van der Waals surface area contributed by atoms with E-state index in [2.05, 4.69) is 5.92 Å². The van der Waals surface area contributed by atoms with Gasteiger partial charge >= 0.3 is 0 Å². The lowest BCUT2D eigenvalue weighted by atomic mass is 10.1. The van der Waals surface area contributed by atoms with E-state index in [9.17, 15) is 4.39 Å². The summed E-state index contributed by atoms with van der Waals surface area (Å²) in [6.45, 7) is -0.225. The molecule has 0 aliphatic heterocycles. The van der Waals surface area contributed by atoms with Crippen molar-refractivity contribution in [1.29, 1.82) is 0 Å². The van der Waals surface area contributed by atoms with Gasteiger partial charge in [-0.2, -0.15) is 0 Å². The molecule has 1 aromatic rings. The fraction of sp³-hybridized carbons (Fsp3) is 0.111. The van der Waals surface area contributed by atoms with E-state index >= 15 is 0 Å². The van der Waals surface area contributed by atoms with Crippen LogP contribution in [-0.2, 0) is 6.61 Å². The fourth-order valence-electron chi connectivity index (χ4n) is 0.862. The van der Waals surface area contributed by atoms with Gasteiger partial charge in [-0.3, -0.25) is 0 Å². The molecule has 1 nitrogen and oxygen atoms in total. The third kappa shape index (κ3) is 1.39. The molecule has 0 aliphatic carbocycles. The molecule has 1 aromatic carbocycles. The van der Waals surface area contributed by atoms with E-state index < -0.39 is 5.82 Å². The third-order valence-corrected chi connectivity index (χ3v) is 1.41. The molecule has 0 spiro atoms. The Kier molecular flexibility index (Phi) is 2.25. The van der Waals surface area contributed by atoms with Crippen molar-refractivity contribution in [3.8, 4) is 12.3 Å². The zero-order valence-corrected chi connectivity index (χ0v) is 5.84. The van der Waals surface area contributed by atoms with Gasteiger partial charge in [-0.25, -0.2) is 4.39 Å². The molecule has 0 aromatic heterocycles. The van der Waals surface area contributed by atoms with Crippen LogP contribution < -0.4 is 0 Å². The summed E-state index contributed by atoms with van der Waals surface area (Å²) in [5, 5.41) is 8.71. The summed E-state index contributed by atoms with van der Waals surface area (Å²) < 4.78 is 12.8. The smallest absolute Gasteiger partial charge is 0.139 e. The minimum Gasteiger partial charge on any atom is -0.392 e. The maximum Gasteiger partial charge on any atom is 0.139 e. The first-order valence-electron chi connectivity index (χ1n) is 3.14. The summed E-state index contributed by atoms with van der Waals surface area (Å²) in [5.41, 5.74) is 0.600. The number of aliphatic hydroxyl groups is 1. The number of hydrogen-bond donors (Lipinski definition) is 1. The van der Waals surface area contributed by atoms with Crippen LogP contribution in [0.1, 0.15) is 11.1 Å². The Morgan fingerprint density at radius 2 is 2.27 bits per heavy atom. The Morgan fingerprint density at radius 3 is 2.73 bits per heavy atom. The molecule has 2 heteroatoms. The number of aliphatic hydroxyl groups excluding tert-OH is 1. The molecule has 0 atom stereocenters. The molecule has 0 amide bonds. The summed E-state index contributed by atoms with van der Waals surface area (Å²) in [4.78, 5) is 0. The second kappa shape index (κ2) is 3.18. The van der Waals surface area contributed by atoms with Crippen LogP contribution in [-0.4, -0.2) is 5.11 Å². The topological polar surface area (TPSA) is 20.2 Å². The molecule has 0 unspecified atom stereocenters. The minimum absolute atomic E-state index is 0.148. The molecule has 56 valence electrons. The van der Waals surface area contributed by atoms with Gasteiger partial charge in [0, 0.05) is 0 Å². The van der Waals surface area contributed by atoms with Crippen LogP contribution in [0.5, 0.6) is 0 Å². The summed E-state index contributed by atoms with van der Waals surface area (Å²) >= 11 is 0. The van der Waals surface area contributed by atoms with E-state index in [1.165, 1.54) is 12.1 Å². The van der Waals surface area contributed by atoms with Crippen molar-refractivity contribution in [1.82, 2.24) is 0 Å². The average Bonchev–Trinajstić information content (AvgIpc) is 2.04. The Bertz CT molecular complexity index is 299. The summed E-state index contributed by atoms with van der Waals surface area (Å²) in [5.74, 6) is 1.72. The molecule has 0 aliphatic rings. The summed E-state index contributed by atoms with van der Waals surface area (Å²) in [6.07, 6.45) is 5.03. The van der Waals surface area contributed by atoms with Crippen LogP contribution in [0.3, 0.4) is 0 Å². The number of terminal acetylenes is 1. The largest absolute Gasteiger partial charge is 0.392 e. The number of hydrogen-bond acceptors (Lipinski definition) is 1. The minimum atomic E-state index is -0.459. The van der Waals surface area contributed by atoms with Gasteiger partial charge in [0.25, 0.3) is 0 Å². The van der Waals surface area contributed by atoms with Crippen LogP contribution in [0.2, 0.25) is 0 Å². The average molecular weight is 150 g/mol. The molecule has 0 saturated heterocycles. The molecule has 11 heavy (non-hydrogen) atoms. The molecule has 1 rings (SSSR count). The monoisotopic (exact) mass is 150 g/mol. The van der Waals surface area contributed by atoms with Gasteiger partial charge in [-0.1, -0.05) is 18.1 Å². The zero-order chi connectivity index (χ0) is 8.27. The molecule has 0 saturated carbocycles. The number of benzene rings is 1. The van der Waals surface area contributed by atoms with Crippen molar-refractivity contribution in [2.45, 2.75) is 6.61 Å². The SMILES string of the molecule is C#Cc1c(F)cccc1CO. The van der Waals surface area contributed by atoms with E-state index in [0.29, 0.717) is 5.56 Å². The second-order valence-electron chi connectivity index (χ2n) is 2.08. The Hall–Kier alpha value is -1.33. The van der Waals surface area contributed by atoms with E-state index in [1.807, 2.05) is 0 Å². The van der Waals surface area contributed by atoms with Crippen molar-refractivity contribution >= 4 is 0 Å². The fourth-order valence-corrected chi connectivity index (χ4v) is 0.862. The quantitative estimate of drug-likeness (QED) is 0.598. The highest BCUT2D eigenvalue weighted by Crippen LogP contribution is 2.11. The predicted molar refractivity (Wildman–Crippen MR) is 40.3 cm³/mol. The Balaban J connectivity index is 3.27. The van der Waals surface area contributed by atoms with Crippen LogP contribution in [0.25, 0.3) is 0 Å². The van der Waals surface area contributed by atoms with Crippen LogP contribution in [0, 0.1) is 18.2 Å². The van der Waals surface area contributed by atoms with E-state index in [0.717, 1.165) is 0 Å². The van der Waals surface area contributed by atoms with Gasteiger partial charge in [0.05, 0.1) is 12.2 Å². The second-order valence-corrected chi connectivity index (χ2v) is 2.08. The molecule has 0 heterocycles. The Morgan fingerprint density at radius 1 is 1.55 bits per heavy atom. The molecule has 0 bridgehead atoms. The first kappa shape index (κ1) is 7.77. The maximum absolute atomic E-state index is 12.8. The van der Waals surface area contributed by atoms with Gasteiger partial charge in [0.1, 0.15) is 5.82 Å². The van der Waals surface area contributed by atoms with Gasteiger partial charge in [-0.05, 0) is 11.6 Å². The summed E-state index contributed by atoms with van der Waals surface area (Å²) in [6, 6.07) is 4.38. The highest BCUT2D eigenvalue weighted by molar-refractivity contribution is 5.40. The molecule has 0 radical (unpaired) electrons. The lowest BCUT2D eigenvalue weighted by Crippen LogP contribution is -1.92. The van der Waals surface area contributed by atoms with Gasteiger partial charge in [0.2, 0.25) is 0 Å². The van der Waals surface area contributed by atoms with Crippen LogP contribution in [0.15, 0.2) is 18.2 Å². The highest BCUT2D eigenvalue weighted by Gasteiger charge is 2.02. The number of halogens is 1. The van der Waals surface area contributed by atoms with E-state index in [1.54, 1.807) is 6.07 Å². The third-order valence-electron chi connectivity index (χ3n) is 1.41. The highest BCUT2D eigenvalue weighted by atomic mass is 19.1. The van der Waals surface area contributed by atoms with E-state index in [-0.39, 0.29) is 12.2 Å². The standard InChI is InChI=1S/C9H7FO/c1-2-8-7(6-11)4-3-5-9(8)10/h1,3-5,11H,6H2. The summed E-state index contributed by atoms with van der Waals surface area (Å²) in [7, 11) is 0. The first-order valence-corrected chi connectivity index (χ1v) is 3.14. The zero-order valence-electron chi connectivity index (χ0n) is 5.84. The van der Waals surface area contributed by atoms with Gasteiger partial charge in [-0.15, -0.1) is 6.42 Å². The lowest BCUT2D eigenvalue weighted by molar-refractivity contribution is 0.281.